The van der Waals surface area contributed by atoms with Gasteiger partial charge in [-0.2, -0.15) is 5.10 Å². The first kappa shape index (κ1) is 18.1. The Morgan fingerprint density at radius 2 is 1.81 bits per heavy atom. The summed E-state index contributed by atoms with van der Waals surface area (Å²) >= 11 is 3.48. The van der Waals surface area contributed by atoms with Gasteiger partial charge in [-0.1, -0.05) is 34.1 Å². The van der Waals surface area contributed by atoms with Crippen LogP contribution in [0.4, 0.5) is 0 Å². The zero-order valence-corrected chi connectivity index (χ0v) is 15.8. The van der Waals surface area contributed by atoms with Gasteiger partial charge in [0.1, 0.15) is 12.3 Å². The van der Waals surface area contributed by atoms with Crippen molar-refractivity contribution < 1.29 is 9.53 Å². The van der Waals surface area contributed by atoms with Gasteiger partial charge in [0.25, 0.3) is 5.56 Å². The number of benzene rings is 2. The molecule has 3 aromatic rings. The Morgan fingerprint density at radius 3 is 2.50 bits per heavy atom. The molecule has 0 aliphatic heterocycles. The minimum absolute atomic E-state index is 0.120. The van der Waals surface area contributed by atoms with E-state index in [0.29, 0.717) is 23.6 Å². The van der Waals surface area contributed by atoms with Crippen LogP contribution in [-0.2, 0) is 6.54 Å². The van der Waals surface area contributed by atoms with E-state index < -0.39 is 0 Å². The summed E-state index contributed by atoms with van der Waals surface area (Å²) in [5.41, 5.74) is 1.67. The summed E-state index contributed by atoms with van der Waals surface area (Å²) in [6.45, 7) is 2.34. The predicted octanol–water partition coefficient (Wildman–Crippen LogP) is 3.95. The smallest absolute Gasteiger partial charge is 0.267 e. The highest BCUT2D eigenvalue weighted by molar-refractivity contribution is 9.10. The van der Waals surface area contributed by atoms with Gasteiger partial charge in [0.05, 0.1) is 12.3 Å². The molecule has 132 valence electrons. The largest absolute Gasteiger partial charge is 0.494 e. The molecular formula is C20H17BrN2O3. The van der Waals surface area contributed by atoms with Crippen LogP contribution in [0.1, 0.15) is 17.3 Å². The molecule has 0 radical (unpaired) electrons. The Labute approximate surface area is 159 Å². The first-order valence-corrected chi connectivity index (χ1v) is 8.97. The van der Waals surface area contributed by atoms with E-state index >= 15 is 0 Å². The fourth-order valence-electron chi connectivity index (χ4n) is 2.51. The topological polar surface area (TPSA) is 61.2 Å². The molecule has 0 bridgehead atoms. The van der Waals surface area contributed by atoms with Gasteiger partial charge in [-0.3, -0.25) is 9.59 Å². The van der Waals surface area contributed by atoms with E-state index in [4.69, 9.17) is 4.74 Å². The molecule has 0 amide bonds. The summed E-state index contributed by atoms with van der Waals surface area (Å²) in [5, 5.41) is 4.34. The summed E-state index contributed by atoms with van der Waals surface area (Å²) in [5.74, 6) is 0.516. The van der Waals surface area contributed by atoms with E-state index in [1.54, 1.807) is 30.3 Å². The summed E-state index contributed by atoms with van der Waals surface area (Å²) < 4.78 is 7.43. The lowest BCUT2D eigenvalue weighted by Crippen LogP contribution is -2.26. The number of hydrogen-bond donors (Lipinski definition) is 0. The molecule has 3 rings (SSSR count). The molecule has 0 aliphatic rings. The van der Waals surface area contributed by atoms with Crippen molar-refractivity contribution in [2.24, 2.45) is 0 Å². The molecule has 6 heteroatoms. The van der Waals surface area contributed by atoms with Crippen molar-refractivity contribution in [2.45, 2.75) is 13.5 Å². The Bertz CT molecular complexity index is 981. The number of rotatable bonds is 6. The molecule has 0 atom stereocenters. The Morgan fingerprint density at radius 1 is 1.08 bits per heavy atom. The molecule has 2 aromatic carbocycles. The third kappa shape index (κ3) is 4.08. The lowest BCUT2D eigenvalue weighted by molar-refractivity contribution is 0.0966. The van der Waals surface area contributed by atoms with Crippen molar-refractivity contribution in [3.05, 3.63) is 81.1 Å². The summed E-state index contributed by atoms with van der Waals surface area (Å²) in [6, 6.07) is 17.5. The maximum absolute atomic E-state index is 12.5. The highest BCUT2D eigenvalue weighted by atomic mass is 79.9. The molecule has 0 N–H and O–H groups in total. The van der Waals surface area contributed by atoms with Crippen molar-refractivity contribution in [1.29, 1.82) is 0 Å². The first-order chi connectivity index (χ1) is 12.6. The SMILES string of the molecule is CCOc1ccc(C(=O)Cn2nc(-c3ccccc3Br)ccc2=O)cc1. The van der Waals surface area contributed by atoms with E-state index in [1.165, 1.54) is 10.7 Å². The maximum atomic E-state index is 12.5. The van der Waals surface area contributed by atoms with Gasteiger partial charge in [0.15, 0.2) is 5.78 Å². The van der Waals surface area contributed by atoms with E-state index in [9.17, 15) is 9.59 Å². The second-order valence-electron chi connectivity index (χ2n) is 5.57. The van der Waals surface area contributed by atoms with Crippen molar-refractivity contribution in [1.82, 2.24) is 9.78 Å². The number of hydrogen-bond acceptors (Lipinski definition) is 4. The highest BCUT2D eigenvalue weighted by Crippen LogP contribution is 2.25. The molecular weight excluding hydrogens is 396 g/mol. The number of Topliss-reactive ketones (excluding diaryl/α,β-unsaturated/α-hetero) is 1. The van der Waals surface area contributed by atoms with Crippen LogP contribution in [0.2, 0.25) is 0 Å². The molecule has 0 saturated heterocycles. The van der Waals surface area contributed by atoms with Crippen LogP contribution >= 0.6 is 15.9 Å². The number of ether oxygens (including phenoxy) is 1. The monoisotopic (exact) mass is 412 g/mol. The third-order valence-corrected chi connectivity index (χ3v) is 4.49. The Kier molecular flexibility index (Phi) is 5.63. The lowest BCUT2D eigenvalue weighted by Gasteiger charge is -2.08. The van der Waals surface area contributed by atoms with Gasteiger partial charge < -0.3 is 4.74 Å². The van der Waals surface area contributed by atoms with Crippen LogP contribution in [0.3, 0.4) is 0 Å². The summed E-state index contributed by atoms with van der Waals surface area (Å²) in [6.07, 6.45) is 0. The maximum Gasteiger partial charge on any atom is 0.267 e. The van der Waals surface area contributed by atoms with Crippen LogP contribution in [0.25, 0.3) is 11.3 Å². The molecule has 0 aliphatic carbocycles. The summed E-state index contributed by atoms with van der Waals surface area (Å²) in [4.78, 5) is 24.6. The minimum atomic E-state index is -0.319. The Hall–Kier alpha value is -2.73. The molecule has 0 fully saturated rings. The van der Waals surface area contributed by atoms with Crippen LogP contribution in [-0.4, -0.2) is 22.2 Å². The number of carbonyl (C=O) groups excluding carboxylic acids is 1. The van der Waals surface area contributed by atoms with E-state index in [0.717, 1.165) is 10.0 Å². The molecule has 0 unspecified atom stereocenters. The zero-order valence-electron chi connectivity index (χ0n) is 14.2. The van der Waals surface area contributed by atoms with Crippen LogP contribution in [0.15, 0.2) is 69.9 Å². The first-order valence-electron chi connectivity index (χ1n) is 8.17. The van der Waals surface area contributed by atoms with Crippen LogP contribution in [0, 0.1) is 0 Å². The number of carbonyl (C=O) groups is 1. The molecule has 0 spiro atoms. The number of ketones is 1. The molecule has 1 aromatic heterocycles. The average molecular weight is 413 g/mol. The fraction of sp³-hybridized carbons (Fsp3) is 0.150. The lowest BCUT2D eigenvalue weighted by atomic mass is 10.1. The van der Waals surface area contributed by atoms with E-state index in [2.05, 4.69) is 21.0 Å². The Balaban J connectivity index is 1.85. The zero-order chi connectivity index (χ0) is 18.5. The van der Waals surface area contributed by atoms with Crippen molar-refractivity contribution in [2.75, 3.05) is 6.61 Å². The molecule has 0 saturated carbocycles. The molecule has 5 nitrogen and oxygen atoms in total. The normalized spacial score (nSPS) is 10.5. The van der Waals surface area contributed by atoms with Gasteiger partial charge >= 0.3 is 0 Å². The van der Waals surface area contributed by atoms with Gasteiger partial charge in [-0.25, -0.2) is 4.68 Å². The van der Waals surface area contributed by atoms with Gasteiger partial charge in [0.2, 0.25) is 0 Å². The number of nitrogens with zero attached hydrogens (tertiary/aromatic N) is 2. The van der Waals surface area contributed by atoms with Crippen molar-refractivity contribution in [3.8, 4) is 17.0 Å². The van der Waals surface area contributed by atoms with Crippen LogP contribution in [0.5, 0.6) is 5.75 Å². The number of aromatic nitrogens is 2. The predicted molar refractivity (Wildman–Crippen MR) is 104 cm³/mol. The molecule has 1 heterocycles. The van der Waals surface area contributed by atoms with Crippen molar-refractivity contribution in [3.63, 3.8) is 0 Å². The summed E-state index contributed by atoms with van der Waals surface area (Å²) in [7, 11) is 0. The minimum Gasteiger partial charge on any atom is -0.494 e. The van der Waals surface area contributed by atoms with E-state index in [1.807, 2.05) is 31.2 Å². The number of halogens is 1. The van der Waals surface area contributed by atoms with Gasteiger partial charge in [-0.15, -0.1) is 0 Å². The van der Waals surface area contributed by atoms with Gasteiger partial charge in [0, 0.05) is 21.7 Å². The van der Waals surface area contributed by atoms with Crippen LogP contribution < -0.4 is 10.3 Å². The second kappa shape index (κ2) is 8.10. The van der Waals surface area contributed by atoms with Gasteiger partial charge in [-0.05, 0) is 43.3 Å². The van der Waals surface area contributed by atoms with Crippen molar-refractivity contribution >= 4 is 21.7 Å². The standard InChI is InChI=1S/C20H17BrN2O3/c1-2-26-15-9-7-14(8-10-15)19(24)13-23-20(25)12-11-18(22-23)16-5-3-4-6-17(16)21/h3-12H,2,13H2,1H3. The van der Waals surface area contributed by atoms with E-state index in [-0.39, 0.29) is 17.9 Å². The molecule has 26 heavy (non-hydrogen) atoms. The second-order valence-corrected chi connectivity index (χ2v) is 6.43. The fourth-order valence-corrected chi connectivity index (χ4v) is 2.99. The quantitative estimate of drug-likeness (QED) is 0.574. The highest BCUT2D eigenvalue weighted by Gasteiger charge is 2.11. The third-order valence-electron chi connectivity index (χ3n) is 3.80. The average Bonchev–Trinajstić information content (AvgIpc) is 2.65.